The Morgan fingerprint density at radius 3 is 2.40 bits per heavy atom. The molecule has 0 unspecified atom stereocenters. The van der Waals surface area contributed by atoms with E-state index in [0.29, 0.717) is 10.4 Å². The standard InChI is InChI=1S/C17H13NO5S2/c1-12-4-7-14(8-5-12)25(21,22)23-16-9-6-13(18(19)20)11-15(16)17-3-2-10-24-17/h2-11H,1H3. The van der Waals surface area contributed by atoms with Gasteiger partial charge in [0, 0.05) is 22.6 Å². The van der Waals surface area contributed by atoms with E-state index in [1.54, 1.807) is 29.6 Å². The maximum Gasteiger partial charge on any atom is 0.339 e. The number of nitro groups is 1. The summed E-state index contributed by atoms with van der Waals surface area (Å²) >= 11 is 1.34. The van der Waals surface area contributed by atoms with Gasteiger partial charge in [0.1, 0.15) is 4.90 Å². The van der Waals surface area contributed by atoms with Crippen molar-refractivity contribution < 1.29 is 17.5 Å². The van der Waals surface area contributed by atoms with Gasteiger partial charge in [-0.05, 0) is 36.6 Å². The molecule has 3 aromatic rings. The molecule has 0 radical (unpaired) electrons. The van der Waals surface area contributed by atoms with Gasteiger partial charge in [-0.2, -0.15) is 8.42 Å². The molecule has 0 amide bonds. The number of hydrogen-bond donors (Lipinski definition) is 0. The number of benzene rings is 2. The number of nitro benzene ring substituents is 1. The predicted octanol–water partition coefficient (Wildman–Crippen LogP) is 4.40. The lowest BCUT2D eigenvalue weighted by Crippen LogP contribution is -2.10. The average molecular weight is 375 g/mol. The van der Waals surface area contributed by atoms with Crippen LogP contribution in [-0.4, -0.2) is 13.3 Å². The SMILES string of the molecule is Cc1ccc(S(=O)(=O)Oc2ccc([N+](=O)[O-])cc2-c2cccs2)cc1. The third kappa shape index (κ3) is 3.70. The fraction of sp³-hybridized carbons (Fsp3) is 0.0588. The molecule has 0 aliphatic rings. The van der Waals surface area contributed by atoms with Gasteiger partial charge in [-0.3, -0.25) is 10.1 Å². The number of rotatable bonds is 5. The summed E-state index contributed by atoms with van der Waals surface area (Å²) in [5.41, 5.74) is 1.15. The number of thiophene rings is 1. The van der Waals surface area contributed by atoms with Crippen molar-refractivity contribution in [1.82, 2.24) is 0 Å². The minimum absolute atomic E-state index is 0.0218. The van der Waals surface area contributed by atoms with E-state index in [2.05, 4.69) is 0 Å². The number of aryl methyl sites for hydroxylation is 1. The third-order valence-electron chi connectivity index (χ3n) is 3.47. The first-order valence-electron chi connectivity index (χ1n) is 7.20. The normalized spacial score (nSPS) is 11.2. The van der Waals surface area contributed by atoms with Crippen molar-refractivity contribution in [3.05, 3.63) is 75.7 Å². The summed E-state index contributed by atoms with van der Waals surface area (Å²) in [7, 11) is -4.04. The minimum atomic E-state index is -4.04. The van der Waals surface area contributed by atoms with Crippen molar-refractivity contribution in [1.29, 1.82) is 0 Å². The highest BCUT2D eigenvalue weighted by Gasteiger charge is 2.21. The summed E-state index contributed by atoms with van der Waals surface area (Å²) in [5.74, 6) is 0.0497. The molecule has 0 atom stereocenters. The van der Waals surface area contributed by atoms with Gasteiger partial charge >= 0.3 is 10.1 Å². The first-order valence-corrected chi connectivity index (χ1v) is 9.49. The van der Waals surface area contributed by atoms with E-state index in [9.17, 15) is 18.5 Å². The summed E-state index contributed by atoms with van der Waals surface area (Å²) in [4.78, 5) is 11.2. The van der Waals surface area contributed by atoms with Gasteiger partial charge in [-0.1, -0.05) is 23.8 Å². The second-order valence-electron chi connectivity index (χ2n) is 5.27. The van der Waals surface area contributed by atoms with Crippen LogP contribution in [-0.2, 0) is 10.1 Å². The second-order valence-corrected chi connectivity index (χ2v) is 7.76. The number of non-ortho nitro benzene ring substituents is 1. The molecule has 1 heterocycles. The zero-order valence-corrected chi connectivity index (χ0v) is 14.7. The minimum Gasteiger partial charge on any atom is -0.378 e. The summed E-state index contributed by atoms with van der Waals surface area (Å²) in [6.45, 7) is 1.85. The molecule has 1 aromatic heterocycles. The molecule has 0 spiro atoms. The van der Waals surface area contributed by atoms with E-state index in [4.69, 9.17) is 4.18 Å². The molecule has 0 saturated heterocycles. The van der Waals surface area contributed by atoms with Gasteiger partial charge in [-0.25, -0.2) is 0 Å². The lowest BCUT2D eigenvalue weighted by atomic mass is 10.1. The van der Waals surface area contributed by atoms with Gasteiger partial charge in [0.25, 0.3) is 5.69 Å². The van der Waals surface area contributed by atoms with Crippen molar-refractivity contribution >= 4 is 27.1 Å². The highest BCUT2D eigenvalue weighted by atomic mass is 32.2. The zero-order valence-electron chi connectivity index (χ0n) is 13.1. The first kappa shape index (κ1) is 17.1. The Labute approximate surface area is 148 Å². The number of hydrogen-bond acceptors (Lipinski definition) is 6. The first-order chi connectivity index (χ1) is 11.9. The van der Waals surface area contributed by atoms with E-state index in [0.717, 1.165) is 5.56 Å². The van der Waals surface area contributed by atoms with Crippen molar-refractivity contribution in [2.45, 2.75) is 11.8 Å². The summed E-state index contributed by atoms with van der Waals surface area (Å²) in [5, 5.41) is 12.8. The van der Waals surface area contributed by atoms with Crippen LogP contribution in [0.1, 0.15) is 5.56 Å². The molecular formula is C17H13NO5S2. The summed E-state index contributed by atoms with van der Waals surface area (Å²) in [6.07, 6.45) is 0. The molecule has 3 rings (SSSR count). The van der Waals surface area contributed by atoms with E-state index < -0.39 is 15.0 Å². The number of nitrogens with zero attached hydrogens (tertiary/aromatic N) is 1. The molecule has 128 valence electrons. The van der Waals surface area contributed by atoms with Crippen LogP contribution in [0, 0.1) is 17.0 Å². The quantitative estimate of drug-likeness (QED) is 0.375. The molecule has 8 heteroatoms. The van der Waals surface area contributed by atoms with Crippen molar-refractivity contribution in [2.24, 2.45) is 0 Å². The molecule has 0 saturated carbocycles. The monoisotopic (exact) mass is 375 g/mol. The van der Waals surface area contributed by atoms with Gasteiger partial charge in [0.15, 0.2) is 5.75 Å². The Balaban J connectivity index is 2.05. The predicted molar refractivity (Wildman–Crippen MR) is 95.4 cm³/mol. The van der Waals surface area contributed by atoms with Crippen LogP contribution in [0.15, 0.2) is 64.9 Å². The van der Waals surface area contributed by atoms with E-state index in [-0.39, 0.29) is 16.3 Å². The largest absolute Gasteiger partial charge is 0.378 e. The Kier molecular flexibility index (Phi) is 4.56. The molecular weight excluding hydrogens is 362 g/mol. The molecule has 0 N–H and O–H groups in total. The molecule has 0 bridgehead atoms. The van der Waals surface area contributed by atoms with Gasteiger partial charge in [0.2, 0.25) is 0 Å². The second kappa shape index (κ2) is 6.66. The fourth-order valence-corrected chi connectivity index (χ4v) is 3.89. The molecule has 2 aromatic carbocycles. The van der Waals surface area contributed by atoms with Gasteiger partial charge in [-0.15, -0.1) is 11.3 Å². The molecule has 0 aliphatic heterocycles. The van der Waals surface area contributed by atoms with Crippen LogP contribution in [0.2, 0.25) is 0 Å². The molecule has 6 nitrogen and oxygen atoms in total. The van der Waals surface area contributed by atoms with Crippen molar-refractivity contribution in [3.63, 3.8) is 0 Å². The Bertz CT molecular complexity index is 1010. The van der Waals surface area contributed by atoms with Crippen LogP contribution in [0.5, 0.6) is 5.75 Å². The lowest BCUT2D eigenvalue weighted by Gasteiger charge is -2.11. The maximum atomic E-state index is 12.5. The van der Waals surface area contributed by atoms with Crippen LogP contribution in [0.4, 0.5) is 5.69 Å². The fourth-order valence-electron chi connectivity index (χ4n) is 2.20. The summed E-state index contributed by atoms with van der Waals surface area (Å²) in [6, 6.07) is 13.6. The van der Waals surface area contributed by atoms with Crippen molar-refractivity contribution in [2.75, 3.05) is 0 Å². The van der Waals surface area contributed by atoms with Gasteiger partial charge in [0.05, 0.1) is 4.92 Å². The molecule has 0 fully saturated rings. The Morgan fingerprint density at radius 2 is 1.80 bits per heavy atom. The third-order valence-corrected chi connectivity index (χ3v) is 5.62. The van der Waals surface area contributed by atoms with Gasteiger partial charge < -0.3 is 4.18 Å². The highest BCUT2D eigenvalue weighted by Crippen LogP contribution is 2.37. The smallest absolute Gasteiger partial charge is 0.339 e. The van der Waals surface area contributed by atoms with Crippen LogP contribution in [0.25, 0.3) is 10.4 Å². The van der Waals surface area contributed by atoms with E-state index in [1.807, 2.05) is 6.92 Å². The Hall–Kier alpha value is -2.71. The average Bonchev–Trinajstić information content (AvgIpc) is 3.09. The van der Waals surface area contributed by atoms with Crippen LogP contribution >= 0.6 is 11.3 Å². The lowest BCUT2D eigenvalue weighted by molar-refractivity contribution is -0.384. The van der Waals surface area contributed by atoms with Crippen LogP contribution < -0.4 is 4.18 Å². The topological polar surface area (TPSA) is 86.5 Å². The highest BCUT2D eigenvalue weighted by molar-refractivity contribution is 7.87. The Morgan fingerprint density at radius 1 is 1.08 bits per heavy atom. The molecule has 0 aliphatic carbocycles. The maximum absolute atomic E-state index is 12.5. The summed E-state index contributed by atoms with van der Waals surface area (Å²) < 4.78 is 30.3. The van der Waals surface area contributed by atoms with E-state index >= 15 is 0 Å². The van der Waals surface area contributed by atoms with Crippen LogP contribution in [0.3, 0.4) is 0 Å². The molecule has 25 heavy (non-hydrogen) atoms. The van der Waals surface area contributed by atoms with Crippen molar-refractivity contribution in [3.8, 4) is 16.2 Å². The van der Waals surface area contributed by atoms with E-state index in [1.165, 1.54) is 41.7 Å². The zero-order chi connectivity index (χ0) is 18.0.